The summed E-state index contributed by atoms with van der Waals surface area (Å²) < 4.78 is 6.84. The van der Waals surface area contributed by atoms with Crippen LogP contribution in [0.15, 0.2) is 54.6 Å². The SMILES string of the molecule is Cc1nn(-c2ccc(C(=O)OCC(=O)N(CC#N)c3ccccc3)cc2)c(C)c1Cl. The molecule has 0 saturated heterocycles. The predicted octanol–water partition coefficient (Wildman–Crippen LogP) is 3.86. The van der Waals surface area contributed by atoms with Crippen LogP contribution in [0.25, 0.3) is 5.69 Å². The maximum atomic E-state index is 12.5. The van der Waals surface area contributed by atoms with E-state index >= 15 is 0 Å². The zero-order chi connectivity index (χ0) is 21.7. The van der Waals surface area contributed by atoms with Gasteiger partial charge in [0.15, 0.2) is 6.61 Å². The van der Waals surface area contributed by atoms with Crippen LogP contribution in [0.3, 0.4) is 0 Å². The van der Waals surface area contributed by atoms with Crippen molar-refractivity contribution in [3.63, 3.8) is 0 Å². The number of para-hydroxylation sites is 1. The minimum absolute atomic E-state index is 0.139. The molecular weight excluding hydrogens is 404 g/mol. The van der Waals surface area contributed by atoms with Crippen molar-refractivity contribution in [2.24, 2.45) is 0 Å². The molecule has 0 aliphatic heterocycles. The molecule has 2 aromatic carbocycles. The van der Waals surface area contributed by atoms with Gasteiger partial charge in [0.05, 0.1) is 33.7 Å². The van der Waals surface area contributed by atoms with Crippen LogP contribution >= 0.6 is 11.6 Å². The van der Waals surface area contributed by atoms with Crippen molar-refractivity contribution in [1.82, 2.24) is 9.78 Å². The summed E-state index contributed by atoms with van der Waals surface area (Å²) in [6, 6.07) is 17.3. The minimum Gasteiger partial charge on any atom is -0.452 e. The lowest BCUT2D eigenvalue weighted by atomic mass is 10.2. The molecule has 0 spiro atoms. The molecule has 0 saturated carbocycles. The normalized spacial score (nSPS) is 10.3. The third-order valence-electron chi connectivity index (χ3n) is 4.48. The summed E-state index contributed by atoms with van der Waals surface area (Å²) in [6.45, 7) is 3.07. The number of anilines is 1. The monoisotopic (exact) mass is 422 g/mol. The molecule has 0 atom stereocenters. The molecule has 0 bridgehead atoms. The van der Waals surface area contributed by atoms with Gasteiger partial charge >= 0.3 is 5.97 Å². The Bertz CT molecular complexity index is 1100. The zero-order valence-electron chi connectivity index (χ0n) is 16.5. The highest BCUT2D eigenvalue weighted by Gasteiger charge is 2.18. The Balaban J connectivity index is 1.66. The van der Waals surface area contributed by atoms with Crippen molar-refractivity contribution < 1.29 is 14.3 Å². The van der Waals surface area contributed by atoms with E-state index in [1.54, 1.807) is 53.2 Å². The van der Waals surface area contributed by atoms with Crippen LogP contribution in [0.2, 0.25) is 5.02 Å². The predicted molar refractivity (Wildman–Crippen MR) is 113 cm³/mol. The molecule has 8 heteroatoms. The van der Waals surface area contributed by atoms with E-state index in [0.29, 0.717) is 16.3 Å². The maximum absolute atomic E-state index is 12.5. The van der Waals surface area contributed by atoms with E-state index in [1.165, 1.54) is 4.90 Å². The van der Waals surface area contributed by atoms with Gasteiger partial charge < -0.3 is 4.74 Å². The Morgan fingerprint density at radius 3 is 2.37 bits per heavy atom. The number of nitriles is 1. The highest BCUT2D eigenvalue weighted by Crippen LogP contribution is 2.22. The summed E-state index contributed by atoms with van der Waals surface area (Å²) in [7, 11) is 0. The van der Waals surface area contributed by atoms with Gasteiger partial charge in [0, 0.05) is 5.69 Å². The molecule has 0 radical (unpaired) electrons. The van der Waals surface area contributed by atoms with E-state index in [4.69, 9.17) is 21.6 Å². The highest BCUT2D eigenvalue weighted by molar-refractivity contribution is 6.31. The molecule has 0 aliphatic carbocycles. The highest BCUT2D eigenvalue weighted by atomic mass is 35.5. The second kappa shape index (κ2) is 9.25. The molecule has 1 amide bonds. The Morgan fingerprint density at radius 2 is 1.80 bits per heavy atom. The molecule has 30 heavy (non-hydrogen) atoms. The third kappa shape index (κ3) is 4.50. The molecular formula is C22H19ClN4O3. The van der Waals surface area contributed by atoms with Gasteiger partial charge in [0.1, 0.15) is 6.54 Å². The first-order valence-electron chi connectivity index (χ1n) is 9.14. The molecule has 0 aliphatic rings. The van der Waals surface area contributed by atoms with Crippen LogP contribution in [-0.4, -0.2) is 34.8 Å². The van der Waals surface area contributed by atoms with Gasteiger partial charge in [-0.1, -0.05) is 29.8 Å². The first-order chi connectivity index (χ1) is 14.4. The topological polar surface area (TPSA) is 88.2 Å². The summed E-state index contributed by atoms with van der Waals surface area (Å²) in [6.07, 6.45) is 0. The number of hydrogen-bond acceptors (Lipinski definition) is 5. The van der Waals surface area contributed by atoms with Crippen molar-refractivity contribution in [2.75, 3.05) is 18.1 Å². The number of aryl methyl sites for hydroxylation is 1. The first kappa shape index (κ1) is 21.1. The fourth-order valence-electron chi connectivity index (χ4n) is 2.90. The standard InChI is InChI=1S/C22H19ClN4O3/c1-15-21(23)16(2)27(25-15)19-10-8-17(9-11-19)22(29)30-14-20(28)26(13-12-24)18-6-4-3-5-7-18/h3-11H,13-14H2,1-2H3. The number of carbonyl (C=O) groups is 2. The molecule has 1 heterocycles. The zero-order valence-corrected chi connectivity index (χ0v) is 17.3. The number of halogens is 1. The molecule has 0 fully saturated rings. The van der Waals surface area contributed by atoms with Gasteiger partial charge in [-0.15, -0.1) is 0 Å². The van der Waals surface area contributed by atoms with Gasteiger partial charge in [-0.3, -0.25) is 9.69 Å². The van der Waals surface area contributed by atoms with E-state index in [9.17, 15) is 9.59 Å². The molecule has 0 N–H and O–H groups in total. The van der Waals surface area contributed by atoms with E-state index in [1.807, 2.05) is 26.0 Å². The molecule has 152 valence electrons. The lowest BCUT2D eigenvalue weighted by Gasteiger charge is -2.19. The van der Waals surface area contributed by atoms with Crippen molar-refractivity contribution in [2.45, 2.75) is 13.8 Å². The number of amides is 1. The number of ether oxygens (including phenoxy) is 1. The molecule has 3 aromatic rings. The van der Waals surface area contributed by atoms with Crippen molar-refractivity contribution >= 4 is 29.2 Å². The van der Waals surface area contributed by atoms with E-state index in [-0.39, 0.29) is 6.54 Å². The number of rotatable bonds is 6. The van der Waals surface area contributed by atoms with Crippen molar-refractivity contribution in [3.05, 3.63) is 76.6 Å². The molecule has 0 unspecified atom stereocenters. The molecule has 3 rings (SSSR count). The quantitative estimate of drug-likeness (QED) is 0.444. The molecule has 1 aromatic heterocycles. The van der Waals surface area contributed by atoms with Crippen LogP contribution in [0.1, 0.15) is 21.7 Å². The number of carbonyl (C=O) groups excluding carboxylic acids is 2. The fourth-order valence-corrected chi connectivity index (χ4v) is 3.02. The van der Waals surface area contributed by atoms with Gasteiger partial charge in [-0.2, -0.15) is 10.4 Å². The number of nitrogens with zero attached hydrogens (tertiary/aromatic N) is 4. The Morgan fingerprint density at radius 1 is 1.13 bits per heavy atom. The average Bonchev–Trinajstić information content (AvgIpc) is 3.03. The lowest BCUT2D eigenvalue weighted by molar-refractivity contribution is -0.121. The Hall–Kier alpha value is -3.63. The maximum Gasteiger partial charge on any atom is 0.338 e. The lowest BCUT2D eigenvalue weighted by Crippen LogP contribution is -2.35. The number of aromatic nitrogens is 2. The van der Waals surface area contributed by atoms with Crippen molar-refractivity contribution in [3.8, 4) is 11.8 Å². The van der Waals surface area contributed by atoms with Crippen LogP contribution in [0, 0.1) is 25.2 Å². The number of hydrogen-bond donors (Lipinski definition) is 0. The minimum atomic E-state index is -0.633. The largest absolute Gasteiger partial charge is 0.452 e. The second-order valence-corrected chi connectivity index (χ2v) is 6.87. The fraction of sp³-hybridized carbons (Fsp3) is 0.182. The third-order valence-corrected chi connectivity index (χ3v) is 5.02. The van der Waals surface area contributed by atoms with Gasteiger partial charge in [0.25, 0.3) is 5.91 Å². The number of benzene rings is 2. The van der Waals surface area contributed by atoms with E-state index in [2.05, 4.69) is 5.10 Å². The summed E-state index contributed by atoms with van der Waals surface area (Å²) in [5, 5.41) is 14.0. The van der Waals surface area contributed by atoms with E-state index < -0.39 is 18.5 Å². The van der Waals surface area contributed by atoms with Gasteiger partial charge in [-0.25, -0.2) is 9.48 Å². The van der Waals surface area contributed by atoms with Crippen LogP contribution < -0.4 is 4.90 Å². The average molecular weight is 423 g/mol. The summed E-state index contributed by atoms with van der Waals surface area (Å²) >= 11 is 6.18. The van der Waals surface area contributed by atoms with Crippen LogP contribution in [0.4, 0.5) is 5.69 Å². The number of esters is 1. The van der Waals surface area contributed by atoms with Gasteiger partial charge in [0.2, 0.25) is 0 Å². The summed E-state index contributed by atoms with van der Waals surface area (Å²) in [5.41, 5.74) is 3.13. The Labute approximate surface area is 179 Å². The second-order valence-electron chi connectivity index (χ2n) is 6.49. The molecule has 7 nitrogen and oxygen atoms in total. The smallest absolute Gasteiger partial charge is 0.338 e. The summed E-state index contributed by atoms with van der Waals surface area (Å²) in [4.78, 5) is 26.1. The van der Waals surface area contributed by atoms with E-state index in [0.717, 1.165) is 17.1 Å². The van der Waals surface area contributed by atoms with Crippen molar-refractivity contribution in [1.29, 1.82) is 5.26 Å². The first-order valence-corrected chi connectivity index (χ1v) is 9.52. The Kier molecular flexibility index (Phi) is 6.50. The summed E-state index contributed by atoms with van der Waals surface area (Å²) in [5.74, 6) is -1.11. The van der Waals surface area contributed by atoms with Crippen LogP contribution in [0.5, 0.6) is 0 Å². The van der Waals surface area contributed by atoms with Crippen LogP contribution in [-0.2, 0) is 9.53 Å². The van der Waals surface area contributed by atoms with Gasteiger partial charge in [-0.05, 0) is 50.2 Å².